The molecule has 0 aliphatic rings. The van der Waals surface area contributed by atoms with Gasteiger partial charge in [0.05, 0.1) is 5.56 Å². The molecule has 20 heavy (non-hydrogen) atoms. The summed E-state index contributed by atoms with van der Waals surface area (Å²) in [5.41, 5.74) is 2.78. The van der Waals surface area contributed by atoms with Crippen LogP contribution in [0, 0.1) is 6.92 Å². The van der Waals surface area contributed by atoms with Gasteiger partial charge in [0.1, 0.15) is 0 Å². The van der Waals surface area contributed by atoms with Crippen molar-refractivity contribution in [3.05, 3.63) is 29.3 Å². The fourth-order valence-corrected chi connectivity index (χ4v) is 2.49. The molecular formula is C16H27N3O. The Bertz CT molecular complexity index is 457. The van der Waals surface area contributed by atoms with E-state index in [-0.39, 0.29) is 11.9 Å². The Morgan fingerprint density at radius 1 is 1.35 bits per heavy atom. The van der Waals surface area contributed by atoms with Gasteiger partial charge in [0.15, 0.2) is 0 Å². The second-order valence-corrected chi connectivity index (χ2v) is 5.50. The minimum Gasteiger partial charge on any atom is -0.387 e. The van der Waals surface area contributed by atoms with Crippen molar-refractivity contribution in [3.8, 4) is 0 Å². The normalized spacial score (nSPS) is 12.3. The Hall–Kier alpha value is -1.55. The van der Waals surface area contributed by atoms with Gasteiger partial charge in [-0.15, -0.1) is 0 Å². The Labute approximate surface area is 122 Å². The highest BCUT2D eigenvalue weighted by molar-refractivity contribution is 5.99. The van der Waals surface area contributed by atoms with E-state index in [4.69, 9.17) is 0 Å². The van der Waals surface area contributed by atoms with Gasteiger partial charge in [-0.05, 0) is 52.6 Å². The molecule has 0 heterocycles. The van der Waals surface area contributed by atoms with E-state index in [0.29, 0.717) is 6.54 Å². The number of nitrogens with zero attached hydrogens (tertiary/aromatic N) is 2. The number of rotatable bonds is 6. The molecule has 0 bridgehead atoms. The number of carbonyl (C=O) groups excluding carboxylic acids is 1. The van der Waals surface area contributed by atoms with Crippen LogP contribution < -0.4 is 5.32 Å². The molecule has 0 fully saturated rings. The van der Waals surface area contributed by atoms with Crippen LogP contribution in [-0.4, -0.2) is 56.0 Å². The highest BCUT2D eigenvalue weighted by Gasteiger charge is 2.22. The molecule has 0 aliphatic heterocycles. The summed E-state index contributed by atoms with van der Waals surface area (Å²) in [6.45, 7) is 7.72. The molecule has 1 unspecified atom stereocenters. The predicted octanol–water partition coefficient (Wildman–Crippen LogP) is 2.45. The van der Waals surface area contributed by atoms with Crippen LogP contribution in [0.4, 0.5) is 5.69 Å². The fraction of sp³-hybridized carbons (Fsp3) is 0.562. The number of benzene rings is 1. The Morgan fingerprint density at radius 2 is 2.00 bits per heavy atom. The number of likely N-dealkylation sites (N-methyl/N-ethyl adjacent to an activating group) is 2. The molecule has 4 nitrogen and oxygen atoms in total. The first-order valence-corrected chi connectivity index (χ1v) is 7.14. The van der Waals surface area contributed by atoms with Gasteiger partial charge in [-0.1, -0.05) is 6.07 Å². The molecule has 0 spiro atoms. The number of anilines is 1. The summed E-state index contributed by atoms with van der Waals surface area (Å²) < 4.78 is 0. The highest BCUT2D eigenvalue weighted by atomic mass is 16.2. The maximum Gasteiger partial charge on any atom is 0.256 e. The van der Waals surface area contributed by atoms with Gasteiger partial charge in [-0.2, -0.15) is 0 Å². The van der Waals surface area contributed by atoms with Gasteiger partial charge >= 0.3 is 0 Å². The summed E-state index contributed by atoms with van der Waals surface area (Å²) in [6.07, 6.45) is 0. The number of hydrogen-bond acceptors (Lipinski definition) is 3. The van der Waals surface area contributed by atoms with Crippen LogP contribution in [0.3, 0.4) is 0 Å². The molecule has 1 rings (SSSR count). The molecule has 0 saturated carbocycles. The molecule has 1 aromatic carbocycles. The van der Waals surface area contributed by atoms with Crippen molar-refractivity contribution in [2.75, 3.05) is 39.5 Å². The monoisotopic (exact) mass is 277 g/mol. The summed E-state index contributed by atoms with van der Waals surface area (Å²) in [7, 11) is 5.91. The molecule has 0 aromatic heterocycles. The molecule has 0 aliphatic carbocycles. The SMILES string of the molecule is CCN(C(=O)c1ccc(C)cc1NC)C(C)CN(C)C. The third-order valence-corrected chi connectivity index (χ3v) is 3.44. The van der Waals surface area contributed by atoms with Gasteiger partial charge in [-0.3, -0.25) is 4.79 Å². The van der Waals surface area contributed by atoms with E-state index in [0.717, 1.165) is 23.4 Å². The Kier molecular flexibility index (Phi) is 6.02. The summed E-state index contributed by atoms with van der Waals surface area (Å²) in [5, 5.41) is 3.12. The molecule has 0 radical (unpaired) electrons. The van der Waals surface area contributed by atoms with Crippen molar-refractivity contribution >= 4 is 11.6 Å². The van der Waals surface area contributed by atoms with Crippen molar-refractivity contribution in [1.82, 2.24) is 9.80 Å². The number of hydrogen-bond donors (Lipinski definition) is 1. The standard InChI is InChI=1S/C16H27N3O/c1-7-19(13(3)11-18(5)6)16(20)14-9-8-12(2)10-15(14)17-4/h8-10,13,17H,7,11H2,1-6H3. The zero-order valence-corrected chi connectivity index (χ0v) is 13.5. The zero-order valence-electron chi connectivity index (χ0n) is 13.5. The van der Waals surface area contributed by atoms with Crippen molar-refractivity contribution in [3.63, 3.8) is 0 Å². The first-order chi connectivity index (χ1) is 9.40. The second-order valence-electron chi connectivity index (χ2n) is 5.50. The molecule has 4 heteroatoms. The average Bonchev–Trinajstić information content (AvgIpc) is 2.38. The van der Waals surface area contributed by atoms with Gasteiger partial charge in [0, 0.05) is 31.9 Å². The van der Waals surface area contributed by atoms with Gasteiger partial charge < -0.3 is 15.1 Å². The molecule has 1 N–H and O–H groups in total. The predicted molar refractivity (Wildman–Crippen MR) is 85.5 cm³/mol. The highest BCUT2D eigenvalue weighted by Crippen LogP contribution is 2.20. The summed E-state index contributed by atoms with van der Waals surface area (Å²) in [5.74, 6) is 0.0891. The van der Waals surface area contributed by atoms with Crippen LogP contribution in [0.25, 0.3) is 0 Å². The van der Waals surface area contributed by atoms with Gasteiger partial charge in [0.25, 0.3) is 5.91 Å². The van der Waals surface area contributed by atoms with Crippen LogP contribution in [0.5, 0.6) is 0 Å². The van der Waals surface area contributed by atoms with E-state index in [1.165, 1.54) is 0 Å². The minimum absolute atomic E-state index is 0.0891. The van der Waals surface area contributed by atoms with Crippen LogP contribution in [-0.2, 0) is 0 Å². The lowest BCUT2D eigenvalue weighted by Crippen LogP contribution is -2.43. The lowest BCUT2D eigenvalue weighted by molar-refractivity contribution is 0.0680. The Balaban J connectivity index is 3.02. The van der Waals surface area contributed by atoms with Crippen LogP contribution in [0.15, 0.2) is 18.2 Å². The van der Waals surface area contributed by atoms with E-state index in [1.807, 2.05) is 58.1 Å². The average molecular weight is 277 g/mol. The summed E-state index contributed by atoms with van der Waals surface area (Å²) in [4.78, 5) is 16.8. The summed E-state index contributed by atoms with van der Waals surface area (Å²) >= 11 is 0. The van der Waals surface area contributed by atoms with Gasteiger partial charge in [-0.25, -0.2) is 0 Å². The fourth-order valence-electron chi connectivity index (χ4n) is 2.49. The molecule has 1 aromatic rings. The van der Waals surface area contributed by atoms with E-state index >= 15 is 0 Å². The second kappa shape index (κ2) is 7.29. The molecule has 1 atom stereocenters. The molecule has 112 valence electrons. The van der Waals surface area contributed by atoms with Crippen LogP contribution >= 0.6 is 0 Å². The topological polar surface area (TPSA) is 35.6 Å². The van der Waals surface area contributed by atoms with Crippen molar-refractivity contribution in [2.45, 2.75) is 26.8 Å². The van der Waals surface area contributed by atoms with Crippen molar-refractivity contribution in [1.29, 1.82) is 0 Å². The quantitative estimate of drug-likeness (QED) is 0.867. The maximum atomic E-state index is 12.8. The van der Waals surface area contributed by atoms with E-state index in [2.05, 4.69) is 17.1 Å². The van der Waals surface area contributed by atoms with E-state index < -0.39 is 0 Å². The Morgan fingerprint density at radius 3 is 2.50 bits per heavy atom. The number of nitrogens with one attached hydrogen (secondary N) is 1. The van der Waals surface area contributed by atoms with Crippen LogP contribution in [0.1, 0.15) is 29.8 Å². The van der Waals surface area contributed by atoms with Crippen LogP contribution in [0.2, 0.25) is 0 Å². The number of aryl methyl sites for hydroxylation is 1. The molecular weight excluding hydrogens is 250 g/mol. The maximum absolute atomic E-state index is 12.8. The van der Waals surface area contributed by atoms with Gasteiger partial charge in [0.2, 0.25) is 0 Å². The minimum atomic E-state index is 0.0891. The zero-order chi connectivity index (χ0) is 15.3. The van der Waals surface area contributed by atoms with E-state index in [1.54, 1.807) is 0 Å². The van der Waals surface area contributed by atoms with E-state index in [9.17, 15) is 4.79 Å². The number of amides is 1. The number of carbonyl (C=O) groups is 1. The van der Waals surface area contributed by atoms with Crippen molar-refractivity contribution in [2.24, 2.45) is 0 Å². The largest absolute Gasteiger partial charge is 0.387 e. The molecule has 1 amide bonds. The first-order valence-electron chi connectivity index (χ1n) is 7.14. The third-order valence-electron chi connectivity index (χ3n) is 3.44. The lowest BCUT2D eigenvalue weighted by atomic mass is 10.1. The van der Waals surface area contributed by atoms with Crippen molar-refractivity contribution < 1.29 is 4.79 Å². The summed E-state index contributed by atoms with van der Waals surface area (Å²) in [6, 6.07) is 6.10. The smallest absolute Gasteiger partial charge is 0.256 e. The molecule has 0 saturated heterocycles. The lowest BCUT2D eigenvalue weighted by Gasteiger charge is -2.30. The first kappa shape index (κ1) is 16.5. The third kappa shape index (κ3) is 3.97.